The van der Waals surface area contributed by atoms with Crippen LogP contribution in [-0.4, -0.2) is 13.4 Å². The Bertz CT molecular complexity index is 1390. The van der Waals surface area contributed by atoms with Crippen LogP contribution in [0.5, 0.6) is 11.5 Å². The van der Waals surface area contributed by atoms with Gasteiger partial charge in [-0.05, 0) is 42.5 Å². The monoisotopic (exact) mass is 592 g/mol. The summed E-state index contributed by atoms with van der Waals surface area (Å²) in [6, 6.07) is 16.2. The van der Waals surface area contributed by atoms with E-state index < -0.39 is 10.0 Å². The fraction of sp³-hybridized carbons (Fsp3) is 0. The molecule has 0 spiro atoms. The SMILES string of the molecule is Br.O=S(=O)(Nc1cc(Cl)c(Oc2cnc3ccccc3c2)c(Cl)c1)c1ccc(Cl)cc1Cl. The topological polar surface area (TPSA) is 68.3 Å². The van der Waals surface area contributed by atoms with E-state index in [1.54, 1.807) is 12.3 Å². The van der Waals surface area contributed by atoms with Crippen LogP contribution in [0.25, 0.3) is 10.9 Å². The van der Waals surface area contributed by atoms with Crippen molar-refractivity contribution in [3.63, 3.8) is 0 Å². The number of rotatable bonds is 5. The van der Waals surface area contributed by atoms with E-state index in [0.29, 0.717) is 10.8 Å². The van der Waals surface area contributed by atoms with E-state index in [2.05, 4.69) is 9.71 Å². The molecule has 0 saturated heterocycles. The van der Waals surface area contributed by atoms with Crippen LogP contribution >= 0.6 is 63.4 Å². The summed E-state index contributed by atoms with van der Waals surface area (Å²) in [5.74, 6) is 0.608. The van der Waals surface area contributed by atoms with Gasteiger partial charge in [-0.3, -0.25) is 9.71 Å². The van der Waals surface area contributed by atoms with Crippen molar-refractivity contribution in [1.82, 2.24) is 4.98 Å². The standard InChI is InChI=1S/C21H12Cl4N2O3S.BrH/c22-13-5-6-20(16(23)8-13)31(28,29)27-14-9-17(24)21(18(25)10-14)30-15-7-12-3-1-2-4-19(12)26-11-15;/h1-11,27H;1H. The molecule has 0 radical (unpaired) electrons. The van der Waals surface area contributed by atoms with E-state index in [0.717, 1.165) is 10.9 Å². The van der Waals surface area contributed by atoms with Crippen LogP contribution in [-0.2, 0) is 10.0 Å². The molecule has 1 aromatic heterocycles. The molecule has 3 aromatic carbocycles. The van der Waals surface area contributed by atoms with E-state index in [1.807, 2.05) is 24.3 Å². The highest BCUT2D eigenvalue weighted by molar-refractivity contribution is 8.93. The number of pyridine rings is 1. The number of aromatic nitrogens is 1. The first-order valence-corrected chi connectivity index (χ1v) is 11.7. The average molecular weight is 595 g/mol. The molecule has 32 heavy (non-hydrogen) atoms. The van der Waals surface area contributed by atoms with Crippen molar-refractivity contribution in [3.8, 4) is 11.5 Å². The number of para-hydroxylation sites is 1. The van der Waals surface area contributed by atoms with Crippen LogP contribution in [0, 0.1) is 0 Å². The number of nitrogens with zero attached hydrogens (tertiary/aromatic N) is 1. The minimum absolute atomic E-state index is 0. The zero-order valence-corrected chi connectivity index (χ0v) is 21.4. The molecule has 166 valence electrons. The third kappa shape index (κ3) is 5.42. The number of halogens is 5. The Morgan fingerprint density at radius 3 is 2.22 bits per heavy atom. The summed E-state index contributed by atoms with van der Waals surface area (Å²) in [7, 11) is -4.00. The van der Waals surface area contributed by atoms with Gasteiger partial charge in [0.25, 0.3) is 10.0 Å². The Kier molecular flexibility index (Phi) is 7.81. The van der Waals surface area contributed by atoms with Crippen LogP contribution in [0.15, 0.2) is 71.8 Å². The van der Waals surface area contributed by atoms with Gasteiger partial charge in [0.05, 0.1) is 32.5 Å². The molecular formula is C21H13BrCl4N2O3S. The molecule has 1 heterocycles. The van der Waals surface area contributed by atoms with E-state index in [1.165, 1.54) is 30.3 Å². The first-order chi connectivity index (χ1) is 14.7. The van der Waals surface area contributed by atoms with Crippen LogP contribution in [0.4, 0.5) is 5.69 Å². The highest BCUT2D eigenvalue weighted by Crippen LogP contribution is 2.40. The third-order valence-corrected chi connectivity index (χ3v) is 6.88. The summed E-state index contributed by atoms with van der Waals surface area (Å²) in [5.41, 5.74) is 0.961. The van der Waals surface area contributed by atoms with Gasteiger partial charge in [-0.25, -0.2) is 8.42 Å². The van der Waals surface area contributed by atoms with Crippen LogP contribution in [0.2, 0.25) is 20.1 Å². The number of anilines is 1. The second-order valence-corrected chi connectivity index (χ2v) is 9.72. The first kappa shape index (κ1) is 24.9. The summed E-state index contributed by atoms with van der Waals surface area (Å²) < 4.78 is 33.6. The fourth-order valence-corrected chi connectivity index (χ4v) is 5.22. The number of fused-ring (bicyclic) bond motifs is 1. The predicted molar refractivity (Wildman–Crippen MR) is 136 cm³/mol. The molecule has 0 amide bonds. The summed E-state index contributed by atoms with van der Waals surface area (Å²) >= 11 is 24.5. The smallest absolute Gasteiger partial charge is 0.263 e. The molecule has 5 nitrogen and oxygen atoms in total. The maximum Gasteiger partial charge on any atom is 0.263 e. The summed E-state index contributed by atoms with van der Waals surface area (Å²) in [5, 5.41) is 1.42. The Labute approximate surface area is 215 Å². The molecule has 0 saturated carbocycles. The van der Waals surface area contributed by atoms with Crippen LogP contribution in [0.3, 0.4) is 0 Å². The molecule has 0 unspecified atom stereocenters. The molecule has 0 bridgehead atoms. The number of hydrogen-bond acceptors (Lipinski definition) is 4. The van der Waals surface area contributed by atoms with Crippen molar-refractivity contribution < 1.29 is 13.2 Å². The molecule has 0 aliphatic carbocycles. The zero-order valence-electron chi connectivity index (χ0n) is 15.9. The molecule has 0 atom stereocenters. The third-order valence-electron chi connectivity index (χ3n) is 4.22. The van der Waals surface area contributed by atoms with Gasteiger partial charge in [0.1, 0.15) is 10.6 Å². The summed E-state index contributed by atoms with van der Waals surface area (Å²) in [6.07, 6.45) is 1.55. The number of ether oxygens (including phenoxy) is 1. The molecule has 4 rings (SSSR count). The van der Waals surface area contributed by atoms with Gasteiger partial charge in [0, 0.05) is 10.4 Å². The van der Waals surface area contributed by atoms with Gasteiger partial charge >= 0.3 is 0 Å². The number of hydrogen-bond donors (Lipinski definition) is 1. The van der Waals surface area contributed by atoms with Crippen molar-refractivity contribution in [2.24, 2.45) is 0 Å². The van der Waals surface area contributed by atoms with Crippen molar-refractivity contribution in [1.29, 1.82) is 0 Å². The molecule has 0 fully saturated rings. The lowest BCUT2D eigenvalue weighted by Gasteiger charge is -2.14. The second-order valence-electron chi connectivity index (χ2n) is 6.42. The Morgan fingerprint density at radius 1 is 0.844 bits per heavy atom. The molecule has 4 aromatic rings. The van der Waals surface area contributed by atoms with E-state index in [9.17, 15) is 8.42 Å². The number of sulfonamides is 1. The Morgan fingerprint density at radius 2 is 1.53 bits per heavy atom. The van der Waals surface area contributed by atoms with Crippen LogP contribution in [0.1, 0.15) is 0 Å². The van der Waals surface area contributed by atoms with Gasteiger partial charge in [0.2, 0.25) is 0 Å². The summed E-state index contributed by atoms with van der Waals surface area (Å²) in [4.78, 5) is 4.19. The number of nitrogens with one attached hydrogen (secondary N) is 1. The van der Waals surface area contributed by atoms with Gasteiger partial charge in [-0.2, -0.15) is 0 Å². The van der Waals surface area contributed by atoms with E-state index in [4.69, 9.17) is 51.1 Å². The van der Waals surface area contributed by atoms with Crippen molar-refractivity contribution in [2.45, 2.75) is 4.90 Å². The highest BCUT2D eigenvalue weighted by atomic mass is 79.9. The van der Waals surface area contributed by atoms with Crippen molar-refractivity contribution in [3.05, 3.63) is 87.0 Å². The lowest BCUT2D eigenvalue weighted by Crippen LogP contribution is -2.13. The van der Waals surface area contributed by atoms with Crippen LogP contribution < -0.4 is 9.46 Å². The lowest BCUT2D eigenvalue weighted by molar-refractivity contribution is 0.482. The summed E-state index contributed by atoms with van der Waals surface area (Å²) in [6.45, 7) is 0. The number of benzene rings is 3. The predicted octanol–water partition coefficient (Wildman–Crippen LogP) is 8.02. The van der Waals surface area contributed by atoms with E-state index >= 15 is 0 Å². The van der Waals surface area contributed by atoms with Gasteiger partial charge < -0.3 is 4.74 Å². The zero-order chi connectivity index (χ0) is 22.2. The second kappa shape index (κ2) is 10.0. The molecule has 11 heteroatoms. The van der Waals surface area contributed by atoms with Gasteiger partial charge in [-0.1, -0.05) is 64.6 Å². The molecule has 0 aliphatic rings. The Hall–Kier alpha value is -1.74. The van der Waals surface area contributed by atoms with Crippen molar-refractivity contribution >= 4 is 90.0 Å². The normalized spacial score (nSPS) is 11.1. The molecule has 1 N–H and O–H groups in total. The first-order valence-electron chi connectivity index (χ1n) is 8.72. The maximum absolute atomic E-state index is 12.7. The largest absolute Gasteiger partial charge is 0.453 e. The quantitative estimate of drug-likeness (QED) is 0.254. The molecular weight excluding hydrogens is 582 g/mol. The molecule has 0 aliphatic heterocycles. The van der Waals surface area contributed by atoms with E-state index in [-0.39, 0.29) is 48.4 Å². The maximum atomic E-state index is 12.7. The average Bonchev–Trinajstić information content (AvgIpc) is 2.70. The highest BCUT2D eigenvalue weighted by Gasteiger charge is 2.20. The van der Waals surface area contributed by atoms with Crippen molar-refractivity contribution in [2.75, 3.05) is 4.72 Å². The minimum atomic E-state index is -4.00. The fourth-order valence-electron chi connectivity index (χ4n) is 2.84. The minimum Gasteiger partial charge on any atom is -0.453 e. The van der Waals surface area contributed by atoms with Gasteiger partial charge in [0.15, 0.2) is 5.75 Å². The van der Waals surface area contributed by atoms with Gasteiger partial charge in [-0.15, -0.1) is 17.0 Å². The Balaban J connectivity index is 0.00000289. The lowest BCUT2D eigenvalue weighted by atomic mass is 10.2.